The predicted octanol–water partition coefficient (Wildman–Crippen LogP) is 2.14. The van der Waals surface area contributed by atoms with Crippen molar-refractivity contribution in [3.63, 3.8) is 0 Å². The van der Waals surface area contributed by atoms with Crippen molar-refractivity contribution in [2.45, 2.75) is 13.8 Å². The fourth-order valence-corrected chi connectivity index (χ4v) is 1.40. The lowest BCUT2D eigenvalue weighted by molar-refractivity contribution is -0.134. The maximum Gasteiger partial charge on any atom is 0.330 e. The molecule has 0 aliphatic heterocycles. The predicted molar refractivity (Wildman–Crippen MR) is 66.5 cm³/mol. The molecule has 0 aromatic heterocycles. The van der Waals surface area contributed by atoms with Crippen LogP contribution in [0.5, 0.6) is 0 Å². The summed E-state index contributed by atoms with van der Waals surface area (Å²) < 4.78 is 4.51. The minimum atomic E-state index is -0.430. The van der Waals surface area contributed by atoms with Gasteiger partial charge in [-0.2, -0.15) is 0 Å². The molecule has 0 radical (unpaired) electrons. The Kier molecular flexibility index (Phi) is 4.46. The van der Waals surface area contributed by atoms with E-state index in [-0.39, 0.29) is 5.91 Å². The molecule has 0 bridgehead atoms. The number of hydrogen-bond acceptors (Lipinski definition) is 3. The van der Waals surface area contributed by atoms with Gasteiger partial charge in [0, 0.05) is 13.0 Å². The zero-order chi connectivity index (χ0) is 12.8. The van der Waals surface area contributed by atoms with E-state index < -0.39 is 5.97 Å². The van der Waals surface area contributed by atoms with E-state index in [0.717, 1.165) is 11.1 Å². The molecular weight excluding hydrogens is 218 g/mol. The number of para-hydroxylation sites is 1. The molecule has 0 aliphatic carbocycles. The molecule has 0 saturated carbocycles. The van der Waals surface area contributed by atoms with E-state index in [1.807, 2.05) is 25.1 Å². The Morgan fingerprint density at radius 1 is 1.35 bits per heavy atom. The highest BCUT2D eigenvalue weighted by Gasteiger charge is 2.05. The number of esters is 1. The Bertz CT molecular complexity index is 464. The van der Waals surface area contributed by atoms with Gasteiger partial charge in [0.1, 0.15) is 0 Å². The molecule has 1 rings (SSSR count). The lowest BCUT2D eigenvalue weighted by atomic mass is 10.1. The highest BCUT2D eigenvalue weighted by atomic mass is 16.5. The summed E-state index contributed by atoms with van der Waals surface area (Å²) >= 11 is 0. The summed E-state index contributed by atoms with van der Waals surface area (Å²) in [6.07, 6.45) is 2.93. The van der Waals surface area contributed by atoms with E-state index in [9.17, 15) is 9.59 Å². The van der Waals surface area contributed by atoms with Gasteiger partial charge in [-0.25, -0.2) is 4.79 Å². The molecule has 0 unspecified atom stereocenters. The molecule has 0 saturated heterocycles. The minimum absolute atomic E-state index is 0.146. The van der Waals surface area contributed by atoms with Crippen LogP contribution in [0.25, 0.3) is 6.08 Å². The van der Waals surface area contributed by atoms with Crippen LogP contribution >= 0.6 is 0 Å². The maximum absolute atomic E-state index is 11.1. The van der Waals surface area contributed by atoms with Crippen LogP contribution < -0.4 is 5.32 Å². The minimum Gasteiger partial charge on any atom is -0.466 e. The second kappa shape index (κ2) is 5.84. The topological polar surface area (TPSA) is 55.4 Å². The Hall–Kier alpha value is -2.10. The summed E-state index contributed by atoms with van der Waals surface area (Å²) in [5, 5.41) is 2.74. The van der Waals surface area contributed by atoms with Gasteiger partial charge in [-0.1, -0.05) is 18.2 Å². The third-order valence-electron chi connectivity index (χ3n) is 2.21. The van der Waals surface area contributed by atoms with Crippen LogP contribution in [0.2, 0.25) is 0 Å². The van der Waals surface area contributed by atoms with E-state index >= 15 is 0 Å². The van der Waals surface area contributed by atoms with Crippen LogP contribution in [0.3, 0.4) is 0 Å². The first-order valence-corrected chi connectivity index (χ1v) is 5.18. The Morgan fingerprint density at radius 2 is 2.06 bits per heavy atom. The van der Waals surface area contributed by atoms with E-state index in [4.69, 9.17) is 0 Å². The third-order valence-corrected chi connectivity index (χ3v) is 2.21. The highest BCUT2D eigenvalue weighted by molar-refractivity contribution is 5.94. The molecule has 4 heteroatoms. The van der Waals surface area contributed by atoms with Gasteiger partial charge in [-0.05, 0) is 24.1 Å². The lowest BCUT2D eigenvalue weighted by Gasteiger charge is -2.09. The van der Waals surface area contributed by atoms with Crippen molar-refractivity contribution in [2.75, 3.05) is 12.4 Å². The van der Waals surface area contributed by atoms with Crippen molar-refractivity contribution in [1.29, 1.82) is 0 Å². The van der Waals surface area contributed by atoms with Crippen LogP contribution in [-0.2, 0) is 14.3 Å². The molecule has 1 amide bonds. The van der Waals surface area contributed by atoms with Crippen molar-refractivity contribution >= 4 is 23.6 Å². The molecule has 1 aromatic rings. The molecular formula is C13H15NO3. The van der Waals surface area contributed by atoms with Gasteiger partial charge in [0.05, 0.1) is 12.8 Å². The second-order valence-electron chi connectivity index (χ2n) is 3.58. The van der Waals surface area contributed by atoms with Crippen molar-refractivity contribution in [2.24, 2.45) is 0 Å². The van der Waals surface area contributed by atoms with Crippen molar-refractivity contribution < 1.29 is 14.3 Å². The number of anilines is 1. The quantitative estimate of drug-likeness (QED) is 0.642. The number of hydrogen-bond donors (Lipinski definition) is 1. The van der Waals surface area contributed by atoms with Gasteiger partial charge in [0.15, 0.2) is 0 Å². The van der Waals surface area contributed by atoms with Gasteiger partial charge in [-0.15, -0.1) is 0 Å². The fraction of sp³-hybridized carbons (Fsp3) is 0.231. The first kappa shape index (κ1) is 13.0. The van der Waals surface area contributed by atoms with Crippen LogP contribution in [0, 0.1) is 6.92 Å². The number of aryl methyl sites for hydroxylation is 1. The molecule has 4 nitrogen and oxygen atoms in total. The first-order chi connectivity index (χ1) is 8.04. The molecule has 17 heavy (non-hydrogen) atoms. The SMILES string of the molecule is COC(=O)C=Cc1cccc(C)c1NC(C)=O. The smallest absolute Gasteiger partial charge is 0.330 e. The molecule has 90 valence electrons. The molecule has 0 atom stereocenters. The van der Waals surface area contributed by atoms with E-state index in [2.05, 4.69) is 10.1 Å². The summed E-state index contributed by atoms with van der Waals surface area (Å²) in [5.41, 5.74) is 2.41. The number of ether oxygens (including phenoxy) is 1. The Balaban J connectivity index is 3.06. The van der Waals surface area contributed by atoms with Crippen molar-refractivity contribution in [3.05, 3.63) is 35.4 Å². The average molecular weight is 233 g/mol. The Labute approximate surface area is 100 Å². The maximum atomic E-state index is 11.1. The summed E-state index contributed by atoms with van der Waals surface area (Å²) in [7, 11) is 1.32. The largest absolute Gasteiger partial charge is 0.466 e. The lowest BCUT2D eigenvalue weighted by Crippen LogP contribution is -2.08. The van der Waals surface area contributed by atoms with Gasteiger partial charge in [0.2, 0.25) is 5.91 Å². The molecule has 1 N–H and O–H groups in total. The number of amides is 1. The second-order valence-corrected chi connectivity index (χ2v) is 3.58. The van der Waals surface area contributed by atoms with Gasteiger partial charge in [-0.3, -0.25) is 4.79 Å². The van der Waals surface area contributed by atoms with Crippen LogP contribution in [-0.4, -0.2) is 19.0 Å². The number of carbonyl (C=O) groups is 2. The summed E-state index contributed by atoms with van der Waals surface area (Å²) in [6, 6.07) is 5.57. The highest BCUT2D eigenvalue weighted by Crippen LogP contribution is 2.21. The van der Waals surface area contributed by atoms with Gasteiger partial charge in [0.25, 0.3) is 0 Å². The first-order valence-electron chi connectivity index (χ1n) is 5.18. The number of methoxy groups -OCH3 is 1. The van der Waals surface area contributed by atoms with E-state index in [1.54, 1.807) is 6.08 Å². The monoisotopic (exact) mass is 233 g/mol. The molecule has 0 heterocycles. The number of rotatable bonds is 3. The van der Waals surface area contributed by atoms with Crippen LogP contribution in [0.15, 0.2) is 24.3 Å². The summed E-state index contributed by atoms with van der Waals surface area (Å²) in [4.78, 5) is 22.1. The normalized spacial score (nSPS) is 10.3. The zero-order valence-electron chi connectivity index (χ0n) is 10.1. The van der Waals surface area contributed by atoms with Gasteiger partial charge >= 0.3 is 5.97 Å². The third kappa shape index (κ3) is 3.75. The number of nitrogens with one attached hydrogen (secondary N) is 1. The Morgan fingerprint density at radius 3 is 2.65 bits per heavy atom. The van der Waals surface area contributed by atoms with Crippen LogP contribution in [0.1, 0.15) is 18.1 Å². The van der Waals surface area contributed by atoms with Gasteiger partial charge < -0.3 is 10.1 Å². The standard InChI is InChI=1S/C13H15NO3/c1-9-5-4-6-11(7-8-12(16)17-3)13(9)14-10(2)15/h4-8H,1-3H3,(H,14,15). The molecule has 0 aliphatic rings. The fourth-order valence-electron chi connectivity index (χ4n) is 1.40. The molecule has 0 spiro atoms. The number of benzene rings is 1. The van der Waals surface area contributed by atoms with Crippen molar-refractivity contribution in [1.82, 2.24) is 0 Å². The van der Waals surface area contributed by atoms with Crippen LogP contribution in [0.4, 0.5) is 5.69 Å². The zero-order valence-corrected chi connectivity index (χ0v) is 10.1. The number of carbonyl (C=O) groups excluding carboxylic acids is 2. The summed E-state index contributed by atoms with van der Waals surface area (Å²) in [6.45, 7) is 3.33. The molecule has 0 fully saturated rings. The molecule has 1 aromatic carbocycles. The van der Waals surface area contributed by atoms with E-state index in [0.29, 0.717) is 5.69 Å². The van der Waals surface area contributed by atoms with Crippen molar-refractivity contribution in [3.8, 4) is 0 Å². The average Bonchev–Trinajstić information content (AvgIpc) is 2.29. The van der Waals surface area contributed by atoms with E-state index in [1.165, 1.54) is 20.1 Å². The summed E-state index contributed by atoms with van der Waals surface area (Å²) in [5.74, 6) is -0.577.